The number of rotatable bonds is 3. The summed E-state index contributed by atoms with van der Waals surface area (Å²) in [5.74, 6) is -0.215. The lowest BCUT2D eigenvalue weighted by atomic mass is 10.2. The van der Waals surface area contributed by atoms with E-state index in [4.69, 9.17) is 0 Å². The molecule has 0 amide bonds. The Kier molecular flexibility index (Phi) is 3.44. The first-order valence-electron chi connectivity index (χ1n) is 4.49. The Hall–Kier alpha value is -1.39. The fourth-order valence-electron chi connectivity index (χ4n) is 1.12. The quantitative estimate of drug-likeness (QED) is 0.841. The molecular weight excluding hydrogens is 207 g/mol. The van der Waals surface area contributed by atoms with E-state index in [1.165, 1.54) is 18.2 Å². The van der Waals surface area contributed by atoms with Gasteiger partial charge in [0, 0.05) is 17.8 Å². The summed E-state index contributed by atoms with van der Waals surface area (Å²) in [5, 5.41) is 2.98. The number of halogens is 3. The first kappa shape index (κ1) is 11.7. The largest absolute Gasteiger partial charge is 0.573 e. The van der Waals surface area contributed by atoms with Crippen molar-refractivity contribution in [1.82, 2.24) is 0 Å². The van der Waals surface area contributed by atoms with Gasteiger partial charge in [0.2, 0.25) is 0 Å². The highest BCUT2D eigenvalue weighted by molar-refractivity contribution is 5.48. The van der Waals surface area contributed by atoms with Crippen LogP contribution >= 0.6 is 0 Å². The second-order valence-electron chi connectivity index (χ2n) is 3.37. The molecule has 0 unspecified atom stereocenters. The molecule has 5 heteroatoms. The molecule has 0 saturated heterocycles. The summed E-state index contributed by atoms with van der Waals surface area (Å²) in [4.78, 5) is 0. The molecule has 2 nitrogen and oxygen atoms in total. The van der Waals surface area contributed by atoms with Crippen LogP contribution in [-0.4, -0.2) is 12.4 Å². The third kappa shape index (κ3) is 4.58. The number of alkyl halides is 3. The van der Waals surface area contributed by atoms with Crippen LogP contribution in [0.5, 0.6) is 5.75 Å². The highest BCUT2D eigenvalue weighted by atomic mass is 19.4. The highest BCUT2D eigenvalue weighted by Gasteiger charge is 2.31. The van der Waals surface area contributed by atoms with E-state index in [9.17, 15) is 13.2 Å². The SMILES string of the molecule is CC(C)Nc1cccc(OC(F)(F)F)c1. The van der Waals surface area contributed by atoms with E-state index in [-0.39, 0.29) is 11.8 Å². The predicted molar refractivity (Wildman–Crippen MR) is 51.9 cm³/mol. The number of ether oxygens (including phenoxy) is 1. The molecule has 0 fully saturated rings. The van der Waals surface area contributed by atoms with Gasteiger partial charge in [-0.05, 0) is 26.0 Å². The van der Waals surface area contributed by atoms with Crippen molar-refractivity contribution in [2.75, 3.05) is 5.32 Å². The fourth-order valence-corrected chi connectivity index (χ4v) is 1.12. The number of hydrogen-bond acceptors (Lipinski definition) is 2. The third-order valence-electron chi connectivity index (χ3n) is 1.52. The minimum Gasteiger partial charge on any atom is -0.406 e. The van der Waals surface area contributed by atoms with Gasteiger partial charge in [-0.25, -0.2) is 0 Å². The van der Waals surface area contributed by atoms with Crippen LogP contribution in [0.3, 0.4) is 0 Å². The van der Waals surface area contributed by atoms with Crippen LogP contribution in [0.15, 0.2) is 24.3 Å². The zero-order chi connectivity index (χ0) is 11.5. The van der Waals surface area contributed by atoms with Gasteiger partial charge in [-0.1, -0.05) is 6.07 Å². The molecule has 0 aliphatic rings. The maximum atomic E-state index is 11.9. The van der Waals surface area contributed by atoms with Gasteiger partial charge in [0.05, 0.1) is 0 Å². The van der Waals surface area contributed by atoms with Gasteiger partial charge >= 0.3 is 6.36 Å². The Morgan fingerprint density at radius 3 is 2.47 bits per heavy atom. The summed E-state index contributed by atoms with van der Waals surface area (Å²) < 4.78 is 39.5. The Morgan fingerprint density at radius 1 is 1.27 bits per heavy atom. The fraction of sp³-hybridized carbons (Fsp3) is 0.400. The average molecular weight is 219 g/mol. The molecule has 0 heterocycles. The minimum atomic E-state index is -4.64. The lowest BCUT2D eigenvalue weighted by Gasteiger charge is -2.12. The number of anilines is 1. The first-order valence-corrected chi connectivity index (χ1v) is 4.49. The molecule has 1 rings (SSSR count). The van der Waals surface area contributed by atoms with Crippen molar-refractivity contribution in [3.05, 3.63) is 24.3 Å². The monoisotopic (exact) mass is 219 g/mol. The van der Waals surface area contributed by atoms with Crippen molar-refractivity contribution in [3.63, 3.8) is 0 Å². The van der Waals surface area contributed by atoms with Crippen molar-refractivity contribution in [2.24, 2.45) is 0 Å². The minimum absolute atomic E-state index is 0.158. The smallest absolute Gasteiger partial charge is 0.406 e. The molecule has 0 saturated carbocycles. The molecule has 0 aromatic heterocycles. The Balaban J connectivity index is 2.74. The number of hydrogen-bond donors (Lipinski definition) is 1. The second-order valence-corrected chi connectivity index (χ2v) is 3.37. The van der Waals surface area contributed by atoms with E-state index in [1.807, 2.05) is 13.8 Å². The molecule has 84 valence electrons. The van der Waals surface area contributed by atoms with Crippen molar-refractivity contribution >= 4 is 5.69 Å². The zero-order valence-electron chi connectivity index (χ0n) is 8.43. The van der Waals surface area contributed by atoms with Crippen LogP contribution in [0.2, 0.25) is 0 Å². The Morgan fingerprint density at radius 2 is 1.93 bits per heavy atom. The van der Waals surface area contributed by atoms with Gasteiger partial charge in [-0.15, -0.1) is 13.2 Å². The molecule has 1 aromatic carbocycles. The van der Waals surface area contributed by atoms with Crippen LogP contribution < -0.4 is 10.1 Å². The van der Waals surface area contributed by atoms with Crippen LogP contribution in [-0.2, 0) is 0 Å². The van der Waals surface area contributed by atoms with Gasteiger partial charge < -0.3 is 10.1 Å². The van der Waals surface area contributed by atoms with Crippen molar-refractivity contribution in [1.29, 1.82) is 0 Å². The van der Waals surface area contributed by atoms with Crippen LogP contribution in [0.1, 0.15) is 13.8 Å². The zero-order valence-corrected chi connectivity index (χ0v) is 8.43. The summed E-state index contributed by atoms with van der Waals surface area (Å²) >= 11 is 0. The van der Waals surface area contributed by atoms with Gasteiger partial charge in [0.25, 0.3) is 0 Å². The summed E-state index contributed by atoms with van der Waals surface area (Å²) in [5.41, 5.74) is 0.603. The molecule has 0 radical (unpaired) electrons. The standard InChI is InChI=1S/C10H12F3NO/c1-7(2)14-8-4-3-5-9(6-8)15-10(11,12)13/h3-7,14H,1-2H3. The molecule has 0 spiro atoms. The van der Waals surface area contributed by atoms with E-state index >= 15 is 0 Å². The van der Waals surface area contributed by atoms with E-state index in [2.05, 4.69) is 10.1 Å². The molecule has 0 aliphatic carbocycles. The van der Waals surface area contributed by atoms with Crippen molar-refractivity contribution in [3.8, 4) is 5.75 Å². The van der Waals surface area contributed by atoms with Crippen molar-refractivity contribution in [2.45, 2.75) is 26.3 Å². The van der Waals surface area contributed by atoms with Gasteiger partial charge in [-0.2, -0.15) is 0 Å². The molecule has 1 aromatic rings. The van der Waals surface area contributed by atoms with Crippen molar-refractivity contribution < 1.29 is 17.9 Å². The Labute approximate surface area is 86.1 Å². The molecular formula is C10H12F3NO. The van der Waals surface area contributed by atoms with Crippen LogP contribution in [0, 0.1) is 0 Å². The summed E-state index contributed by atoms with van der Waals surface area (Å²) in [7, 11) is 0. The lowest BCUT2D eigenvalue weighted by molar-refractivity contribution is -0.274. The molecule has 15 heavy (non-hydrogen) atoms. The van der Waals surface area contributed by atoms with E-state index in [0.717, 1.165) is 0 Å². The maximum absolute atomic E-state index is 11.9. The summed E-state index contributed by atoms with van der Waals surface area (Å²) in [6.07, 6.45) is -4.64. The number of nitrogens with one attached hydrogen (secondary N) is 1. The predicted octanol–water partition coefficient (Wildman–Crippen LogP) is 3.41. The highest BCUT2D eigenvalue weighted by Crippen LogP contribution is 2.25. The first-order chi connectivity index (χ1) is 6.87. The topological polar surface area (TPSA) is 21.3 Å². The van der Waals surface area contributed by atoms with Gasteiger partial charge in [-0.3, -0.25) is 0 Å². The van der Waals surface area contributed by atoms with Gasteiger partial charge in [0.15, 0.2) is 0 Å². The van der Waals surface area contributed by atoms with Crippen LogP contribution in [0.4, 0.5) is 18.9 Å². The normalized spacial score (nSPS) is 11.6. The van der Waals surface area contributed by atoms with E-state index < -0.39 is 6.36 Å². The van der Waals surface area contributed by atoms with Gasteiger partial charge in [0.1, 0.15) is 5.75 Å². The molecule has 0 aliphatic heterocycles. The van der Waals surface area contributed by atoms with Crippen LogP contribution in [0.25, 0.3) is 0 Å². The lowest BCUT2D eigenvalue weighted by Crippen LogP contribution is -2.17. The Bertz CT molecular complexity index is 323. The summed E-state index contributed by atoms with van der Waals surface area (Å²) in [6, 6.07) is 5.92. The molecule has 0 atom stereocenters. The summed E-state index contributed by atoms with van der Waals surface area (Å²) in [6.45, 7) is 3.80. The van der Waals surface area contributed by atoms with E-state index in [0.29, 0.717) is 5.69 Å². The second kappa shape index (κ2) is 4.42. The average Bonchev–Trinajstić information content (AvgIpc) is 1.99. The molecule has 1 N–H and O–H groups in total. The molecule has 0 bridgehead atoms. The number of benzene rings is 1. The van der Waals surface area contributed by atoms with E-state index in [1.54, 1.807) is 6.07 Å². The maximum Gasteiger partial charge on any atom is 0.573 e. The third-order valence-corrected chi connectivity index (χ3v) is 1.52.